The molecule has 2 amide bonds. The normalized spacial score (nSPS) is 15.5. The van der Waals surface area contributed by atoms with E-state index in [1.165, 1.54) is 30.6 Å². The van der Waals surface area contributed by atoms with Crippen molar-refractivity contribution in [3.63, 3.8) is 0 Å². The van der Waals surface area contributed by atoms with Gasteiger partial charge in [0.15, 0.2) is 11.5 Å². The van der Waals surface area contributed by atoms with Crippen molar-refractivity contribution in [1.29, 1.82) is 0 Å². The highest BCUT2D eigenvalue weighted by Crippen LogP contribution is 2.32. The number of nitrogens with one attached hydrogen (secondary N) is 2. The highest BCUT2D eigenvalue weighted by atomic mass is 32.1. The Morgan fingerprint density at radius 2 is 1.94 bits per heavy atom. The van der Waals surface area contributed by atoms with Crippen LogP contribution in [0.15, 0.2) is 47.0 Å². The van der Waals surface area contributed by atoms with E-state index in [9.17, 15) is 23.2 Å². The third-order valence-corrected chi connectivity index (χ3v) is 5.38. The van der Waals surface area contributed by atoms with E-state index < -0.39 is 37.2 Å². The van der Waals surface area contributed by atoms with Gasteiger partial charge >= 0.3 is 24.6 Å². The van der Waals surface area contributed by atoms with Crippen molar-refractivity contribution in [1.82, 2.24) is 10.6 Å². The van der Waals surface area contributed by atoms with Crippen molar-refractivity contribution in [3.05, 3.63) is 57.4 Å². The molecule has 2 heterocycles. The molecule has 0 saturated carbocycles. The van der Waals surface area contributed by atoms with Crippen molar-refractivity contribution in [3.8, 4) is 11.5 Å². The minimum absolute atomic E-state index is 0.0122. The molecule has 1 aliphatic rings. The van der Waals surface area contributed by atoms with Crippen LogP contribution in [0.25, 0.3) is 0 Å². The standard InChI is InChI=1S/C21H20F2N2O7S/c1-3-30-19(27)16-12(24-21(28)25-17(16)15-5-4-8-33-15)10-31-18(26)11-6-7-13(32-20(22)23)14(9-11)29-2/h4-9,17,20H,3,10H2,1-2H3,(H2,24,25,28). The van der Waals surface area contributed by atoms with Crippen LogP contribution in [-0.4, -0.2) is 44.9 Å². The van der Waals surface area contributed by atoms with E-state index in [4.69, 9.17) is 14.2 Å². The third kappa shape index (κ3) is 5.77. The lowest BCUT2D eigenvalue weighted by Crippen LogP contribution is -2.46. The molecule has 176 valence electrons. The Balaban J connectivity index is 1.85. The Labute approximate surface area is 191 Å². The van der Waals surface area contributed by atoms with Crippen LogP contribution in [0.1, 0.15) is 28.2 Å². The molecule has 9 nitrogen and oxygen atoms in total. The first-order valence-corrected chi connectivity index (χ1v) is 10.5. The van der Waals surface area contributed by atoms with Crippen LogP contribution < -0.4 is 20.1 Å². The quantitative estimate of drug-likeness (QED) is 0.527. The molecule has 0 fully saturated rings. The summed E-state index contributed by atoms with van der Waals surface area (Å²) < 4.78 is 44.7. The Morgan fingerprint density at radius 3 is 2.58 bits per heavy atom. The first kappa shape index (κ1) is 24.0. The summed E-state index contributed by atoms with van der Waals surface area (Å²) >= 11 is 1.33. The molecule has 12 heteroatoms. The topological polar surface area (TPSA) is 112 Å². The zero-order valence-corrected chi connectivity index (χ0v) is 18.4. The van der Waals surface area contributed by atoms with Crippen molar-refractivity contribution < 1.29 is 42.1 Å². The van der Waals surface area contributed by atoms with Crippen LogP contribution in [0.3, 0.4) is 0 Å². The predicted octanol–water partition coefficient (Wildman–Crippen LogP) is 3.39. The van der Waals surface area contributed by atoms with E-state index in [0.717, 1.165) is 6.07 Å². The maximum Gasteiger partial charge on any atom is 0.387 e. The molecule has 1 aliphatic heterocycles. The van der Waals surface area contributed by atoms with Crippen LogP contribution >= 0.6 is 11.3 Å². The molecule has 0 radical (unpaired) electrons. The van der Waals surface area contributed by atoms with Gasteiger partial charge < -0.3 is 29.6 Å². The summed E-state index contributed by atoms with van der Waals surface area (Å²) in [6, 6.07) is 5.70. The van der Waals surface area contributed by atoms with Gasteiger partial charge in [0.25, 0.3) is 0 Å². The first-order valence-electron chi connectivity index (χ1n) is 9.65. The van der Waals surface area contributed by atoms with E-state index in [-0.39, 0.29) is 34.9 Å². The Kier molecular flexibility index (Phi) is 7.83. The SMILES string of the molecule is CCOC(=O)C1=C(COC(=O)c2ccc(OC(F)F)c(OC)c2)NC(=O)NC1c1cccs1. The van der Waals surface area contributed by atoms with Gasteiger partial charge in [0.1, 0.15) is 6.61 Å². The largest absolute Gasteiger partial charge is 0.493 e. The fourth-order valence-corrected chi connectivity index (χ4v) is 3.84. The molecule has 0 bridgehead atoms. The summed E-state index contributed by atoms with van der Waals surface area (Å²) in [5.41, 5.74) is 0.153. The smallest absolute Gasteiger partial charge is 0.387 e. The average Bonchev–Trinajstić information content (AvgIpc) is 3.32. The number of halogens is 2. The van der Waals surface area contributed by atoms with Crippen molar-refractivity contribution in [2.45, 2.75) is 19.6 Å². The van der Waals surface area contributed by atoms with Crippen LogP contribution in [0.4, 0.5) is 13.6 Å². The Morgan fingerprint density at radius 1 is 1.15 bits per heavy atom. The summed E-state index contributed by atoms with van der Waals surface area (Å²) in [6.07, 6.45) is 0. The highest BCUT2D eigenvalue weighted by molar-refractivity contribution is 7.10. The number of urea groups is 1. The number of hydrogen-bond donors (Lipinski definition) is 2. The molecule has 1 atom stereocenters. The molecule has 2 N–H and O–H groups in total. The van der Waals surface area contributed by atoms with E-state index in [2.05, 4.69) is 15.4 Å². The number of amides is 2. The number of thiophene rings is 1. The second kappa shape index (κ2) is 10.8. The van der Waals surface area contributed by atoms with Crippen molar-refractivity contribution in [2.24, 2.45) is 0 Å². The van der Waals surface area contributed by atoms with Gasteiger partial charge in [-0.3, -0.25) is 0 Å². The van der Waals surface area contributed by atoms with Crippen molar-refractivity contribution >= 4 is 29.3 Å². The molecule has 1 aromatic carbocycles. The van der Waals surface area contributed by atoms with Crippen LogP contribution in [-0.2, 0) is 14.3 Å². The average molecular weight is 482 g/mol. The van der Waals surface area contributed by atoms with Gasteiger partial charge in [0.2, 0.25) is 0 Å². The molecule has 0 saturated heterocycles. The van der Waals surface area contributed by atoms with Crippen LogP contribution in [0, 0.1) is 0 Å². The predicted molar refractivity (Wildman–Crippen MR) is 112 cm³/mol. The molecular weight excluding hydrogens is 462 g/mol. The van der Waals surface area contributed by atoms with Crippen molar-refractivity contribution in [2.75, 3.05) is 20.3 Å². The minimum atomic E-state index is -3.07. The number of hydrogen-bond acceptors (Lipinski definition) is 8. The first-order chi connectivity index (χ1) is 15.8. The van der Waals surface area contributed by atoms with Gasteiger partial charge in [-0.15, -0.1) is 11.3 Å². The maximum absolute atomic E-state index is 12.6. The number of ether oxygens (including phenoxy) is 4. The molecule has 1 unspecified atom stereocenters. The number of carbonyl (C=O) groups excluding carboxylic acids is 3. The van der Waals surface area contributed by atoms with Gasteiger partial charge in [0, 0.05) is 4.88 Å². The van der Waals surface area contributed by atoms with E-state index >= 15 is 0 Å². The van der Waals surface area contributed by atoms with E-state index in [0.29, 0.717) is 4.88 Å². The zero-order chi connectivity index (χ0) is 24.0. The molecule has 3 rings (SSSR count). The second-order valence-corrected chi connectivity index (χ2v) is 7.46. The Hall–Kier alpha value is -3.67. The lowest BCUT2D eigenvalue weighted by molar-refractivity contribution is -0.139. The number of benzene rings is 1. The second-order valence-electron chi connectivity index (χ2n) is 6.48. The fraction of sp³-hybridized carbons (Fsp3) is 0.286. The number of esters is 2. The van der Waals surface area contributed by atoms with Gasteiger partial charge in [-0.2, -0.15) is 8.78 Å². The monoisotopic (exact) mass is 482 g/mol. The number of methoxy groups -OCH3 is 1. The third-order valence-electron chi connectivity index (χ3n) is 4.44. The summed E-state index contributed by atoms with van der Waals surface area (Å²) in [5, 5.41) is 6.94. The highest BCUT2D eigenvalue weighted by Gasteiger charge is 2.34. The lowest BCUT2D eigenvalue weighted by Gasteiger charge is -2.28. The molecule has 0 aliphatic carbocycles. The molecular formula is C21H20F2N2O7S. The fourth-order valence-electron chi connectivity index (χ4n) is 3.06. The number of alkyl halides is 2. The van der Waals surface area contributed by atoms with E-state index in [1.807, 2.05) is 0 Å². The summed E-state index contributed by atoms with van der Waals surface area (Å²) in [6.45, 7) is -1.76. The summed E-state index contributed by atoms with van der Waals surface area (Å²) in [7, 11) is 1.23. The molecule has 2 aromatic rings. The molecule has 33 heavy (non-hydrogen) atoms. The van der Waals surface area contributed by atoms with Gasteiger partial charge in [-0.1, -0.05) is 6.07 Å². The molecule has 1 aromatic heterocycles. The number of carbonyl (C=O) groups is 3. The summed E-state index contributed by atoms with van der Waals surface area (Å²) in [5.74, 6) is -1.86. The Bertz CT molecular complexity index is 1060. The maximum atomic E-state index is 12.6. The van der Waals surface area contributed by atoms with Gasteiger partial charge in [-0.25, -0.2) is 14.4 Å². The van der Waals surface area contributed by atoms with E-state index in [1.54, 1.807) is 24.4 Å². The van der Waals surface area contributed by atoms with Crippen LogP contribution in [0.2, 0.25) is 0 Å². The summed E-state index contributed by atoms with van der Waals surface area (Å²) in [4.78, 5) is 38.1. The van der Waals surface area contributed by atoms with Gasteiger partial charge in [0.05, 0.1) is 36.6 Å². The van der Waals surface area contributed by atoms with Crippen LogP contribution in [0.5, 0.6) is 11.5 Å². The van der Waals surface area contributed by atoms with Gasteiger partial charge in [-0.05, 0) is 36.6 Å². The number of rotatable bonds is 9. The zero-order valence-electron chi connectivity index (χ0n) is 17.6. The lowest BCUT2D eigenvalue weighted by atomic mass is 10.0. The minimum Gasteiger partial charge on any atom is -0.493 e. The molecule has 0 spiro atoms.